The number of carbonyl (C=O) groups excluding carboxylic acids is 1. The Kier molecular flexibility index (Phi) is 3.25. The molecule has 1 aliphatic carbocycles. The summed E-state index contributed by atoms with van der Waals surface area (Å²) in [6.07, 6.45) is 1.98. The van der Waals surface area contributed by atoms with Crippen LogP contribution in [0.3, 0.4) is 0 Å². The summed E-state index contributed by atoms with van der Waals surface area (Å²) in [6, 6.07) is 9.57. The average Bonchev–Trinajstić information content (AvgIpc) is 2.80. The lowest BCUT2D eigenvalue weighted by Crippen LogP contribution is -2.14. The zero-order valence-corrected chi connectivity index (χ0v) is 11.9. The largest absolute Gasteiger partial charge is 0.399 e. The molecule has 1 aromatic carbocycles. The highest BCUT2D eigenvalue weighted by molar-refractivity contribution is 5.93. The molecule has 0 fully saturated rings. The highest BCUT2D eigenvalue weighted by atomic mass is 16.1. The van der Waals surface area contributed by atoms with E-state index in [0.29, 0.717) is 11.4 Å². The molecule has 5 N–H and O–H groups in total. The molecule has 1 aromatic heterocycles. The van der Waals surface area contributed by atoms with Crippen LogP contribution in [-0.2, 0) is 6.42 Å². The fourth-order valence-corrected chi connectivity index (χ4v) is 2.85. The second kappa shape index (κ2) is 5.09. The monoisotopic (exact) mass is 282 g/mol. The van der Waals surface area contributed by atoms with Crippen LogP contribution in [0.25, 0.3) is 0 Å². The number of benzene rings is 1. The zero-order chi connectivity index (χ0) is 15.0. The van der Waals surface area contributed by atoms with Crippen molar-refractivity contribution in [3.63, 3.8) is 0 Å². The fraction of sp³-hybridized carbons (Fsp3) is 0.250. The minimum absolute atomic E-state index is 0.190. The molecule has 1 unspecified atom stereocenters. The Morgan fingerprint density at radius 1 is 1.33 bits per heavy atom. The standard InChI is InChI=1S/C16H18N4O/c1-9-6-11(16(18)21)8-15(19-9)20-14-5-2-10-7-12(17)3-4-13(10)14/h3-4,6-8,14H,2,5,17H2,1H3,(H2,18,21)(H,19,20). The van der Waals surface area contributed by atoms with Gasteiger partial charge in [0.1, 0.15) is 5.82 Å². The van der Waals surface area contributed by atoms with Gasteiger partial charge in [0.15, 0.2) is 0 Å². The summed E-state index contributed by atoms with van der Waals surface area (Å²) in [5.74, 6) is 0.238. The van der Waals surface area contributed by atoms with Gasteiger partial charge in [-0.2, -0.15) is 0 Å². The number of primary amides is 1. The average molecular weight is 282 g/mol. The van der Waals surface area contributed by atoms with Crippen molar-refractivity contribution >= 4 is 17.4 Å². The number of amides is 1. The molecule has 0 aliphatic heterocycles. The summed E-state index contributed by atoms with van der Waals surface area (Å²) in [4.78, 5) is 15.8. The topological polar surface area (TPSA) is 94.0 Å². The first-order chi connectivity index (χ1) is 10.0. The lowest BCUT2D eigenvalue weighted by Gasteiger charge is -2.16. The summed E-state index contributed by atoms with van der Waals surface area (Å²) in [6.45, 7) is 1.85. The van der Waals surface area contributed by atoms with Gasteiger partial charge >= 0.3 is 0 Å². The van der Waals surface area contributed by atoms with E-state index in [1.807, 2.05) is 19.1 Å². The second-order valence-corrected chi connectivity index (χ2v) is 5.44. The van der Waals surface area contributed by atoms with E-state index in [-0.39, 0.29) is 6.04 Å². The molecule has 1 aliphatic rings. The molecule has 0 bridgehead atoms. The van der Waals surface area contributed by atoms with E-state index in [9.17, 15) is 4.79 Å². The first kappa shape index (κ1) is 13.4. The van der Waals surface area contributed by atoms with Crippen molar-refractivity contribution < 1.29 is 4.79 Å². The molecule has 1 atom stereocenters. The Labute approximate surface area is 123 Å². The number of aromatic nitrogens is 1. The molecule has 108 valence electrons. The van der Waals surface area contributed by atoms with Crippen LogP contribution in [0.4, 0.5) is 11.5 Å². The number of nitrogens with two attached hydrogens (primary N) is 2. The van der Waals surface area contributed by atoms with Crippen LogP contribution >= 0.6 is 0 Å². The van der Waals surface area contributed by atoms with Gasteiger partial charge in [0.25, 0.3) is 0 Å². The molecular formula is C16H18N4O. The fourth-order valence-electron chi connectivity index (χ4n) is 2.85. The Balaban J connectivity index is 1.88. The highest BCUT2D eigenvalue weighted by Crippen LogP contribution is 2.34. The van der Waals surface area contributed by atoms with Crippen LogP contribution in [-0.4, -0.2) is 10.9 Å². The number of nitrogen functional groups attached to an aromatic ring is 1. The number of nitrogens with one attached hydrogen (secondary N) is 1. The van der Waals surface area contributed by atoms with Gasteiger partial charge in [-0.25, -0.2) is 4.98 Å². The number of fused-ring (bicyclic) bond motifs is 1. The Hall–Kier alpha value is -2.56. The number of rotatable bonds is 3. The Morgan fingerprint density at radius 2 is 2.14 bits per heavy atom. The summed E-state index contributed by atoms with van der Waals surface area (Å²) in [5.41, 5.74) is 15.7. The normalized spacial score (nSPS) is 16.5. The number of nitrogens with zero attached hydrogens (tertiary/aromatic N) is 1. The molecule has 0 saturated heterocycles. The van der Waals surface area contributed by atoms with Crippen LogP contribution in [0, 0.1) is 6.92 Å². The van der Waals surface area contributed by atoms with E-state index in [4.69, 9.17) is 11.5 Å². The molecule has 5 nitrogen and oxygen atoms in total. The molecule has 5 heteroatoms. The predicted octanol–water partition coefficient (Wildman–Crippen LogP) is 2.17. The van der Waals surface area contributed by atoms with Gasteiger partial charge in [-0.05, 0) is 55.2 Å². The first-order valence-corrected chi connectivity index (χ1v) is 6.96. The first-order valence-electron chi connectivity index (χ1n) is 6.96. The van der Waals surface area contributed by atoms with Crippen molar-refractivity contribution in [3.05, 3.63) is 52.7 Å². The number of hydrogen-bond donors (Lipinski definition) is 3. The summed E-state index contributed by atoms with van der Waals surface area (Å²) in [7, 11) is 0. The highest BCUT2D eigenvalue weighted by Gasteiger charge is 2.22. The van der Waals surface area contributed by atoms with Crippen molar-refractivity contribution in [2.75, 3.05) is 11.1 Å². The van der Waals surface area contributed by atoms with Crippen molar-refractivity contribution in [2.45, 2.75) is 25.8 Å². The molecule has 2 aromatic rings. The molecule has 21 heavy (non-hydrogen) atoms. The Morgan fingerprint density at radius 3 is 2.90 bits per heavy atom. The SMILES string of the molecule is Cc1cc(C(N)=O)cc(NC2CCc3cc(N)ccc32)n1. The van der Waals surface area contributed by atoms with Gasteiger partial charge in [0.05, 0.1) is 6.04 Å². The minimum Gasteiger partial charge on any atom is -0.399 e. The number of carbonyl (C=O) groups is 1. The molecule has 1 amide bonds. The van der Waals surface area contributed by atoms with E-state index in [2.05, 4.69) is 16.4 Å². The van der Waals surface area contributed by atoms with Crippen LogP contribution in [0.5, 0.6) is 0 Å². The van der Waals surface area contributed by atoms with E-state index in [1.54, 1.807) is 12.1 Å². The van der Waals surface area contributed by atoms with E-state index >= 15 is 0 Å². The van der Waals surface area contributed by atoms with Gasteiger partial charge in [-0.1, -0.05) is 6.07 Å². The molecule has 3 rings (SSSR count). The van der Waals surface area contributed by atoms with Crippen molar-refractivity contribution in [1.82, 2.24) is 4.98 Å². The van der Waals surface area contributed by atoms with Crippen LogP contribution in [0.1, 0.15) is 39.6 Å². The smallest absolute Gasteiger partial charge is 0.248 e. The molecule has 1 heterocycles. The van der Waals surface area contributed by atoms with Crippen molar-refractivity contribution in [1.29, 1.82) is 0 Å². The maximum absolute atomic E-state index is 11.3. The van der Waals surface area contributed by atoms with E-state index in [0.717, 1.165) is 24.2 Å². The van der Waals surface area contributed by atoms with Gasteiger partial charge in [-0.3, -0.25) is 4.79 Å². The minimum atomic E-state index is -0.442. The third kappa shape index (κ3) is 2.67. The second-order valence-electron chi connectivity index (χ2n) is 5.44. The van der Waals surface area contributed by atoms with Crippen LogP contribution < -0.4 is 16.8 Å². The zero-order valence-electron chi connectivity index (χ0n) is 11.9. The van der Waals surface area contributed by atoms with E-state index in [1.165, 1.54) is 11.1 Å². The summed E-state index contributed by atoms with van der Waals surface area (Å²) >= 11 is 0. The van der Waals surface area contributed by atoms with E-state index < -0.39 is 5.91 Å². The quantitative estimate of drug-likeness (QED) is 0.752. The lowest BCUT2D eigenvalue weighted by molar-refractivity contribution is 0.1000. The molecule has 0 spiro atoms. The lowest BCUT2D eigenvalue weighted by atomic mass is 10.1. The number of pyridine rings is 1. The Bertz CT molecular complexity index is 711. The van der Waals surface area contributed by atoms with Crippen LogP contribution in [0.15, 0.2) is 30.3 Å². The molecular weight excluding hydrogens is 264 g/mol. The number of aryl methyl sites for hydroxylation is 2. The summed E-state index contributed by atoms with van der Waals surface area (Å²) in [5, 5.41) is 3.39. The van der Waals surface area contributed by atoms with Crippen molar-refractivity contribution in [2.24, 2.45) is 5.73 Å². The van der Waals surface area contributed by atoms with Gasteiger partial charge in [0, 0.05) is 16.9 Å². The maximum atomic E-state index is 11.3. The molecule has 0 saturated carbocycles. The third-order valence-electron chi connectivity index (χ3n) is 3.80. The van der Waals surface area contributed by atoms with Gasteiger partial charge in [0.2, 0.25) is 5.91 Å². The number of hydrogen-bond acceptors (Lipinski definition) is 4. The van der Waals surface area contributed by atoms with Gasteiger partial charge < -0.3 is 16.8 Å². The molecule has 0 radical (unpaired) electrons. The van der Waals surface area contributed by atoms with Crippen LogP contribution in [0.2, 0.25) is 0 Å². The maximum Gasteiger partial charge on any atom is 0.248 e. The van der Waals surface area contributed by atoms with Crippen molar-refractivity contribution in [3.8, 4) is 0 Å². The third-order valence-corrected chi connectivity index (χ3v) is 3.80. The number of anilines is 2. The summed E-state index contributed by atoms with van der Waals surface area (Å²) < 4.78 is 0. The van der Waals surface area contributed by atoms with Gasteiger partial charge in [-0.15, -0.1) is 0 Å². The predicted molar refractivity (Wildman–Crippen MR) is 83.0 cm³/mol.